The summed E-state index contributed by atoms with van der Waals surface area (Å²) in [6.45, 7) is 3.88. The molecule has 1 aromatic carbocycles. The van der Waals surface area contributed by atoms with E-state index in [4.69, 9.17) is 14.2 Å². The highest BCUT2D eigenvalue weighted by atomic mass is 16.6. The van der Waals surface area contributed by atoms with Crippen LogP contribution in [0.3, 0.4) is 0 Å². The summed E-state index contributed by atoms with van der Waals surface area (Å²) in [7, 11) is 0. The number of ether oxygens (including phenoxy) is 3. The van der Waals surface area contributed by atoms with Crippen LogP contribution in [0.25, 0.3) is 0 Å². The van der Waals surface area contributed by atoms with Gasteiger partial charge in [0.25, 0.3) is 0 Å². The lowest BCUT2D eigenvalue weighted by Crippen LogP contribution is -2.41. The Hall–Kier alpha value is -1.10. The first-order valence-electron chi connectivity index (χ1n) is 6.56. The van der Waals surface area contributed by atoms with E-state index in [0.29, 0.717) is 13.2 Å². The lowest BCUT2D eigenvalue weighted by atomic mass is 10.1. The summed E-state index contributed by atoms with van der Waals surface area (Å²) >= 11 is 0. The third kappa shape index (κ3) is 2.83. The highest BCUT2D eigenvalue weighted by Crippen LogP contribution is 2.28. The summed E-state index contributed by atoms with van der Waals surface area (Å²) in [5.74, 6) is 1.00. The van der Waals surface area contributed by atoms with E-state index in [9.17, 15) is 0 Å². The van der Waals surface area contributed by atoms with Crippen molar-refractivity contribution in [1.82, 2.24) is 5.32 Å². The molecule has 3 rings (SSSR count). The summed E-state index contributed by atoms with van der Waals surface area (Å²) < 4.78 is 17.1. The van der Waals surface area contributed by atoms with Gasteiger partial charge in [-0.15, -0.1) is 0 Å². The van der Waals surface area contributed by atoms with E-state index in [1.807, 2.05) is 18.2 Å². The fourth-order valence-electron chi connectivity index (χ4n) is 2.40. The minimum atomic E-state index is 0.152. The molecule has 2 aliphatic heterocycles. The van der Waals surface area contributed by atoms with Crippen LogP contribution in [-0.2, 0) is 15.9 Å². The predicted octanol–water partition coefficient (Wildman–Crippen LogP) is 0.995. The Morgan fingerprint density at radius 1 is 1.22 bits per heavy atom. The number of hydrogen-bond acceptors (Lipinski definition) is 4. The average Bonchev–Trinajstić information content (AvgIpc) is 2.82. The highest BCUT2D eigenvalue weighted by Gasteiger charge is 2.23. The Balaban J connectivity index is 1.40. The van der Waals surface area contributed by atoms with Gasteiger partial charge >= 0.3 is 0 Å². The van der Waals surface area contributed by atoms with Gasteiger partial charge in [0, 0.05) is 19.5 Å². The van der Waals surface area contributed by atoms with Crippen molar-refractivity contribution in [2.24, 2.45) is 0 Å². The van der Waals surface area contributed by atoms with E-state index >= 15 is 0 Å². The van der Waals surface area contributed by atoms with Crippen LogP contribution in [0.1, 0.15) is 5.56 Å². The number of fused-ring (bicyclic) bond motifs is 1. The SMILES string of the molecule is c1ccc2c(c1)CC(COCC1CNCCO1)O2. The van der Waals surface area contributed by atoms with Gasteiger partial charge in [-0.2, -0.15) is 0 Å². The molecular weight excluding hydrogens is 230 g/mol. The predicted molar refractivity (Wildman–Crippen MR) is 68.0 cm³/mol. The smallest absolute Gasteiger partial charge is 0.126 e. The van der Waals surface area contributed by atoms with Gasteiger partial charge in [0.05, 0.1) is 25.9 Å². The molecule has 0 aromatic heterocycles. The fourth-order valence-corrected chi connectivity index (χ4v) is 2.40. The van der Waals surface area contributed by atoms with Crippen molar-refractivity contribution < 1.29 is 14.2 Å². The molecule has 0 saturated carbocycles. The van der Waals surface area contributed by atoms with Crippen molar-refractivity contribution >= 4 is 0 Å². The van der Waals surface area contributed by atoms with Gasteiger partial charge in [-0.1, -0.05) is 18.2 Å². The minimum Gasteiger partial charge on any atom is -0.487 e. The van der Waals surface area contributed by atoms with Crippen LogP contribution in [0.5, 0.6) is 5.75 Å². The number of hydrogen-bond donors (Lipinski definition) is 1. The summed E-state index contributed by atoms with van der Waals surface area (Å²) in [6.07, 6.45) is 1.28. The van der Waals surface area contributed by atoms with E-state index in [0.717, 1.165) is 31.9 Å². The Kier molecular flexibility index (Phi) is 3.78. The Labute approximate surface area is 107 Å². The zero-order chi connectivity index (χ0) is 12.2. The molecule has 1 N–H and O–H groups in total. The summed E-state index contributed by atoms with van der Waals surface area (Å²) in [4.78, 5) is 0. The molecule has 0 bridgehead atoms. The average molecular weight is 249 g/mol. The Morgan fingerprint density at radius 2 is 2.11 bits per heavy atom. The molecule has 2 heterocycles. The molecule has 0 amide bonds. The quantitative estimate of drug-likeness (QED) is 0.864. The normalized spacial score (nSPS) is 26.7. The van der Waals surface area contributed by atoms with Crippen LogP contribution >= 0.6 is 0 Å². The summed E-state index contributed by atoms with van der Waals surface area (Å²) in [5.41, 5.74) is 1.28. The highest BCUT2D eigenvalue weighted by molar-refractivity contribution is 5.37. The van der Waals surface area contributed by atoms with Crippen LogP contribution < -0.4 is 10.1 Å². The molecule has 2 atom stereocenters. The molecule has 0 radical (unpaired) electrons. The van der Waals surface area contributed by atoms with Crippen molar-refractivity contribution in [2.75, 3.05) is 32.9 Å². The van der Waals surface area contributed by atoms with Gasteiger partial charge < -0.3 is 19.5 Å². The van der Waals surface area contributed by atoms with Crippen LogP contribution in [0.4, 0.5) is 0 Å². The molecule has 4 nitrogen and oxygen atoms in total. The van der Waals surface area contributed by atoms with Crippen LogP contribution in [-0.4, -0.2) is 45.1 Å². The van der Waals surface area contributed by atoms with Crippen LogP contribution in [0.2, 0.25) is 0 Å². The zero-order valence-electron chi connectivity index (χ0n) is 10.4. The van der Waals surface area contributed by atoms with E-state index in [2.05, 4.69) is 11.4 Å². The van der Waals surface area contributed by atoms with Gasteiger partial charge in [0.2, 0.25) is 0 Å². The lowest BCUT2D eigenvalue weighted by Gasteiger charge is -2.23. The van der Waals surface area contributed by atoms with Gasteiger partial charge in [-0.3, -0.25) is 0 Å². The van der Waals surface area contributed by atoms with Crippen LogP contribution in [0.15, 0.2) is 24.3 Å². The van der Waals surface area contributed by atoms with E-state index in [-0.39, 0.29) is 12.2 Å². The van der Waals surface area contributed by atoms with Gasteiger partial charge in [0.1, 0.15) is 11.9 Å². The van der Waals surface area contributed by atoms with Crippen molar-refractivity contribution in [3.05, 3.63) is 29.8 Å². The summed E-state index contributed by atoms with van der Waals surface area (Å²) in [6, 6.07) is 8.18. The minimum absolute atomic E-state index is 0.152. The van der Waals surface area contributed by atoms with Crippen molar-refractivity contribution in [2.45, 2.75) is 18.6 Å². The molecule has 1 aromatic rings. The van der Waals surface area contributed by atoms with Gasteiger partial charge in [-0.05, 0) is 11.6 Å². The molecule has 98 valence electrons. The second kappa shape index (κ2) is 5.69. The monoisotopic (exact) mass is 249 g/mol. The molecule has 18 heavy (non-hydrogen) atoms. The van der Waals surface area contributed by atoms with E-state index in [1.165, 1.54) is 5.56 Å². The number of morpholine rings is 1. The zero-order valence-corrected chi connectivity index (χ0v) is 10.4. The third-order valence-corrected chi connectivity index (χ3v) is 3.33. The fraction of sp³-hybridized carbons (Fsp3) is 0.571. The summed E-state index contributed by atoms with van der Waals surface area (Å²) in [5, 5.41) is 3.29. The molecule has 2 aliphatic rings. The first-order chi connectivity index (χ1) is 8.92. The molecule has 1 fully saturated rings. The largest absolute Gasteiger partial charge is 0.487 e. The molecule has 1 saturated heterocycles. The molecule has 4 heteroatoms. The second-order valence-electron chi connectivity index (χ2n) is 4.79. The Morgan fingerprint density at radius 3 is 2.94 bits per heavy atom. The van der Waals surface area contributed by atoms with Gasteiger partial charge in [-0.25, -0.2) is 0 Å². The van der Waals surface area contributed by atoms with Crippen LogP contribution in [0, 0.1) is 0 Å². The lowest BCUT2D eigenvalue weighted by molar-refractivity contribution is -0.0440. The molecule has 0 aliphatic carbocycles. The maximum absolute atomic E-state index is 5.81. The topological polar surface area (TPSA) is 39.7 Å². The first-order valence-corrected chi connectivity index (χ1v) is 6.56. The maximum Gasteiger partial charge on any atom is 0.126 e. The number of rotatable bonds is 4. The van der Waals surface area contributed by atoms with E-state index < -0.39 is 0 Å². The number of benzene rings is 1. The van der Waals surface area contributed by atoms with Crippen molar-refractivity contribution in [3.63, 3.8) is 0 Å². The van der Waals surface area contributed by atoms with Crippen molar-refractivity contribution in [3.8, 4) is 5.75 Å². The maximum atomic E-state index is 5.81. The number of nitrogens with one attached hydrogen (secondary N) is 1. The van der Waals surface area contributed by atoms with E-state index in [1.54, 1.807) is 0 Å². The first kappa shape index (κ1) is 12.0. The standard InChI is InChI=1S/C14H19NO3/c1-2-4-14-11(3-1)7-12(18-14)9-16-10-13-8-15-5-6-17-13/h1-4,12-13,15H,5-10H2. The Bertz CT molecular complexity index is 365. The third-order valence-electron chi connectivity index (χ3n) is 3.33. The van der Waals surface area contributed by atoms with Gasteiger partial charge in [0.15, 0.2) is 0 Å². The second-order valence-corrected chi connectivity index (χ2v) is 4.79. The molecular formula is C14H19NO3. The van der Waals surface area contributed by atoms with Crippen molar-refractivity contribution in [1.29, 1.82) is 0 Å². The number of para-hydroxylation sites is 1. The molecule has 2 unspecified atom stereocenters. The molecule has 0 spiro atoms.